The van der Waals surface area contributed by atoms with Gasteiger partial charge in [-0.2, -0.15) is 5.10 Å². The summed E-state index contributed by atoms with van der Waals surface area (Å²) in [5, 5.41) is 18.2. The highest BCUT2D eigenvalue weighted by Gasteiger charge is 2.14. The first-order valence-corrected chi connectivity index (χ1v) is 5.28. The molecule has 20 heavy (non-hydrogen) atoms. The topological polar surface area (TPSA) is 118 Å². The number of nitrogens with one attached hydrogen (secondary N) is 2. The fraction of sp³-hybridized carbons (Fsp3) is 0. The second-order valence-corrected chi connectivity index (χ2v) is 3.68. The summed E-state index contributed by atoms with van der Waals surface area (Å²) >= 11 is 0. The molecule has 0 fully saturated rings. The van der Waals surface area contributed by atoms with Gasteiger partial charge in [0.05, 0.1) is 16.7 Å². The van der Waals surface area contributed by atoms with Crippen LogP contribution in [0, 0.1) is 15.9 Å². The number of H-pyrrole nitrogens is 1. The van der Waals surface area contributed by atoms with Crippen molar-refractivity contribution in [3.05, 3.63) is 62.3 Å². The number of hydrogen-bond acceptors (Lipinski definition) is 5. The Morgan fingerprint density at radius 2 is 2.10 bits per heavy atom. The Kier molecular flexibility index (Phi) is 3.51. The maximum Gasteiger partial charge on any atom is 0.276 e. The van der Waals surface area contributed by atoms with Crippen LogP contribution in [0.5, 0.6) is 0 Å². The van der Waals surface area contributed by atoms with Crippen LogP contribution < -0.4 is 10.9 Å². The molecule has 0 bridgehead atoms. The molecule has 0 aliphatic rings. The lowest BCUT2D eigenvalue weighted by atomic mass is 10.2. The molecule has 0 atom stereocenters. The summed E-state index contributed by atoms with van der Waals surface area (Å²) in [4.78, 5) is 32.2. The summed E-state index contributed by atoms with van der Waals surface area (Å²) in [6, 6.07) is 5.07. The summed E-state index contributed by atoms with van der Waals surface area (Å²) in [6.07, 6.45) is 0. The number of carbonyl (C=O) groups is 1. The predicted molar refractivity (Wildman–Crippen MR) is 65.9 cm³/mol. The zero-order valence-corrected chi connectivity index (χ0v) is 9.79. The minimum Gasteiger partial charge on any atom is -0.318 e. The lowest BCUT2D eigenvalue weighted by Crippen LogP contribution is -2.18. The highest BCUT2D eigenvalue weighted by Crippen LogP contribution is 2.20. The lowest BCUT2D eigenvalue weighted by Gasteiger charge is -2.05. The number of non-ortho nitro benzene ring substituents is 1. The van der Waals surface area contributed by atoms with Gasteiger partial charge >= 0.3 is 0 Å². The number of hydrogen-bond donors (Lipinski definition) is 2. The van der Waals surface area contributed by atoms with Gasteiger partial charge in [-0.25, -0.2) is 9.49 Å². The minimum absolute atomic E-state index is 0.123. The van der Waals surface area contributed by atoms with Crippen molar-refractivity contribution in [1.82, 2.24) is 10.2 Å². The summed E-state index contributed by atoms with van der Waals surface area (Å²) in [6.45, 7) is 0. The zero-order chi connectivity index (χ0) is 14.7. The number of nitro benzene ring substituents is 1. The zero-order valence-electron chi connectivity index (χ0n) is 9.79. The second-order valence-electron chi connectivity index (χ2n) is 3.68. The van der Waals surface area contributed by atoms with Crippen molar-refractivity contribution in [1.29, 1.82) is 0 Å². The first kappa shape index (κ1) is 13.3. The molecule has 0 saturated carbocycles. The van der Waals surface area contributed by atoms with Gasteiger partial charge in [0, 0.05) is 12.1 Å². The van der Waals surface area contributed by atoms with E-state index in [1.165, 1.54) is 0 Å². The Balaban J connectivity index is 2.21. The molecule has 8 nitrogen and oxygen atoms in total. The molecule has 9 heteroatoms. The van der Waals surface area contributed by atoms with Gasteiger partial charge in [-0.05, 0) is 12.1 Å². The van der Waals surface area contributed by atoms with Crippen LogP contribution in [0.2, 0.25) is 0 Å². The number of carbonyl (C=O) groups excluding carboxylic acids is 1. The van der Waals surface area contributed by atoms with Crippen LogP contribution in [0.4, 0.5) is 15.8 Å². The van der Waals surface area contributed by atoms with E-state index in [4.69, 9.17) is 0 Å². The van der Waals surface area contributed by atoms with Crippen LogP contribution in [0.1, 0.15) is 10.5 Å². The lowest BCUT2D eigenvalue weighted by molar-refractivity contribution is -0.385. The third-order valence-corrected chi connectivity index (χ3v) is 2.32. The van der Waals surface area contributed by atoms with Gasteiger partial charge in [-0.15, -0.1) is 0 Å². The van der Waals surface area contributed by atoms with Crippen LogP contribution in [0.25, 0.3) is 0 Å². The van der Waals surface area contributed by atoms with Gasteiger partial charge in [0.2, 0.25) is 0 Å². The number of halogens is 1. The Labute approximate surface area is 110 Å². The van der Waals surface area contributed by atoms with Crippen molar-refractivity contribution in [2.75, 3.05) is 5.32 Å². The molecule has 0 radical (unpaired) electrons. The van der Waals surface area contributed by atoms with E-state index < -0.39 is 27.9 Å². The maximum atomic E-state index is 13.6. The number of nitrogens with zero attached hydrogens (tertiary/aromatic N) is 2. The Bertz CT molecular complexity index is 723. The molecule has 2 rings (SSSR count). The molecule has 2 aromatic rings. The molecule has 0 aliphatic carbocycles. The van der Waals surface area contributed by atoms with Crippen LogP contribution in [-0.4, -0.2) is 21.0 Å². The third kappa shape index (κ3) is 2.83. The van der Waals surface area contributed by atoms with E-state index in [-0.39, 0.29) is 11.4 Å². The largest absolute Gasteiger partial charge is 0.318 e. The van der Waals surface area contributed by atoms with Crippen LogP contribution in [-0.2, 0) is 0 Å². The highest BCUT2D eigenvalue weighted by atomic mass is 19.1. The van der Waals surface area contributed by atoms with Crippen LogP contribution in [0.15, 0.2) is 35.1 Å². The Hall–Kier alpha value is -3.10. The summed E-state index contributed by atoms with van der Waals surface area (Å²) in [7, 11) is 0. The van der Waals surface area contributed by atoms with E-state index in [1.54, 1.807) is 0 Å². The van der Waals surface area contributed by atoms with E-state index in [0.29, 0.717) is 6.07 Å². The first-order valence-electron chi connectivity index (χ1n) is 5.28. The smallest absolute Gasteiger partial charge is 0.276 e. The molecule has 0 unspecified atom stereocenters. The summed E-state index contributed by atoms with van der Waals surface area (Å²) in [5.74, 6) is -1.70. The molecule has 0 spiro atoms. The monoisotopic (exact) mass is 278 g/mol. The standard InChI is InChI=1S/C11H7FN4O4/c12-7-5-6(16(19)20)1-2-8(7)13-11(18)9-3-4-10(17)15-14-9/h1-5H,(H,13,18)(H,15,17). The average molecular weight is 278 g/mol. The number of rotatable bonds is 3. The van der Waals surface area contributed by atoms with Gasteiger partial charge in [0.25, 0.3) is 17.2 Å². The summed E-state index contributed by atoms with van der Waals surface area (Å²) < 4.78 is 13.6. The number of aromatic amines is 1. The molecule has 1 aromatic carbocycles. The van der Waals surface area contributed by atoms with E-state index in [2.05, 4.69) is 15.5 Å². The summed E-state index contributed by atoms with van der Waals surface area (Å²) in [5.41, 5.74) is -1.26. The first-order chi connectivity index (χ1) is 9.47. The van der Waals surface area contributed by atoms with Crippen LogP contribution >= 0.6 is 0 Å². The quantitative estimate of drug-likeness (QED) is 0.643. The van der Waals surface area contributed by atoms with Crippen LogP contribution in [0.3, 0.4) is 0 Å². The van der Waals surface area contributed by atoms with Gasteiger partial charge in [0.15, 0.2) is 5.82 Å². The average Bonchev–Trinajstić information content (AvgIpc) is 2.41. The number of aromatic nitrogens is 2. The number of amides is 1. The molecule has 1 aromatic heterocycles. The number of benzene rings is 1. The van der Waals surface area contributed by atoms with E-state index in [9.17, 15) is 24.1 Å². The van der Waals surface area contributed by atoms with Crippen molar-refractivity contribution in [3.63, 3.8) is 0 Å². The fourth-order valence-electron chi connectivity index (χ4n) is 1.38. The predicted octanol–water partition coefficient (Wildman–Crippen LogP) is 1.07. The SMILES string of the molecule is O=C(Nc1ccc([N+](=O)[O-])cc1F)c1ccc(=O)[nH]n1. The van der Waals surface area contributed by atoms with Crippen molar-refractivity contribution in [3.8, 4) is 0 Å². The fourth-order valence-corrected chi connectivity index (χ4v) is 1.38. The minimum atomic E-state index is -0.947. The van der Waals surface area contributed by atoms with Gasteiger partial charge in [-0.3, -0.25) is 19.7 Å². The van der Waals surface area contributed by atoms with Gasteiger partial charge in [0.1, 0.15) is 5.69 Å². The molecule has 1 amide bonds. The molecule has 1 heterocycles. The number of anilines is 1. The van der Waals surface area contributed by atoms with Crippen molar-refractivity contribution >= 4 is 17.3 Å². The molecular formula is C11H7FN4O4. The van der Waals surface area contributed by atoms with Crippen molar-refractivity contribution in [2.24, 2.45) is 0 Å². The van der Waals surface area contributed by atoms with E-state index in [0.717, 1.165) is 24.3 Å². The van der Waals surface area contributed by atoms with Crippen molar-refractivity contribution in [2.45, 2.75) is 0 Å². The molecule has 102 valence electrons. The van der Waals surface area contributed by atoms with Gasteiger partial charge < -0.3 is 5.32 Å². The highest BCUT2D eigenvalue weighted by molar-refractivity contribution is 6.02. The molecule has 0 aliphatic heterocycles. The van der Waals surface area contributed by atoms with Crippen molar-refractivity contribution < 1.29 is 14.1 Å². The van der Waals surface area contributed by atoms with E-state index >= 15 is 0 Å². The number of nitro groups is 1. The second kappa shape index (κ2) is 5.26. The van der Waals surface area contributed by atoms with Gasteiger partial charge in [-0.1, -0.05) is 0 Å². The Morgan fingerprint density at radius 3 is 2.65 bits per heavy atom. The normalized spacial score (nSPS) is 10.1. The molecule has 2 N–H and O–H groups in total. The maximum absolute atomic E-state index is 13.6. The molecular weight excluding hydrogens is 271 g/mol. The third-order valence-electron chi connectivity index (χ3n) is 2.32. The van der Waals surface area contributed by atoms with E-state index in [1.807, 2.05) is 0 Å². The molecule has 0 saturated heterocycles. The Morgan fingerprint density at radius 1 is 1.35 bits per heavy atom.